The molecule has 0 unspecified atom stereocenters. The van der Waals surface area contributed by atoms with Gasteiger partial charge in [0, 0.05) is 12.1 Å². The number of hydrogen-bond acceptors (Lipinski definition) is 4. The first-order chi connectivity index (χ1) is 19.2. The molecule has 0 fully saturated rings. The third-order valence-corrected chi connectivity index (χ3v) is 8.54. The Morgan fingerprint density at radius 2 is 1.44 bits per heavy atom. The first-order valence-electron chi connectivity index (χ1n) is 14.0. The Morgan fingerprint density at radius 3 is 1.98 bits per heavy atom. The van der Waals surface area contributed by atoms with Gasteiger partial charge in [-0.1, -0.05) is 61.0 Å². The molecule has 1 atom stereocenters. The zero-order valence-corrected chi connectivity index (χ0v) is 26.1. The second kappa shape index (κ2) is 13.3. The van der Waals surface area contributed by atoms with Gasteiger partial charge >= 0.3 is 0 Å². The fourth-order valence-corrected chi connectivity index (χ4v) is 6.21. The van der Waals surface area contributed by atoms with Crippen LogP contribution in [-0.4, -0.2) is 49.8 Å². The van der Waals surface area contributed by atoms with E-state index in [-0.39, 0.29) is 17.3 Å². The highest BCUT2D eigenvalue weighted by molar-refractivity contribution is 7.92. The van der Waals surface area contributed by atoms with Crippen molar-refractivity contribution in [2.45, 2.75) is 77.8 Å². The molecule has 1 N–H and O–H groups in total. The fourth-order valence-electron chi connectivity index (χ4n) is 4.81. The number of nitrogens with one attached hydrogen (secondary N) is 1. The van der Waals surface area contributed by atoms with E-state index in [0.717, 1.165) is 22.3 Å². The minimum atomic E-state index is -4.10. The number of amides is 2. The third-order valence-electron chi connectivity index (χ3n) is 6.75. The summed E-state index contributed by atoms with van der Waals surface area (Å²) in [5.41, 5.74) is 3.64. The van der Waals surface area contributed by atoms with Gasteiger partial charge < -0.3 is 10.2 Å². The molecule has 0 aliphatic heterocycles. The molecule has 0 aromatic heterocycles. The Bertz CT molecular complexity index is 1430. The van der Waals surface area contributed by atoms with Crippen molar-refractivity contribution in [3.05, 3.63) is 95.1 Å². The summed E-state index contributed by atoms with van der Waals surface area (Å²) in [6.45, 7) is 13.0. The molecule has 0 radical (unpaired) electrons. The Labute approximate surface area is 245 Å². The molecule has 0 aliphatic carbocycles. The highest BCUT2D eigenvalue weighted by Crippen LogP contribution is 2.27. The van der Waals surface area contributed by atoms with E-state index in [4.69, 9.17) is 0 Å². The van der Waals surface area contributed by atoms with E-state index in [1.807, 2.05) is 84.9 Å². The summed E-state index contributed by atoms with van der Waals surface area (Å²) in [7, 11) is -4.10. The van der Waals surface area contributed by atoms with Crippen LogP contribution in [0.3, 0.4) is 0 Å². The van der Waals surface area contributed by atoms with Crippen LogP contribution < -0.4 is 9.62 Å². The molecule has 3 aromatic rings. The van der Waals surface area contributed by atoms with Crippen LogP contribution >= 0.6 is 0 Å². The summed E-state index contributed by atoms with van der Waals surface area (Å²) in [6, 6.07) is 21.1. The summed E-state index contributed by atoms with van der Waals surface area (Å²) in [6.07, 6.45) is 0.914. The number of anilines is 1. The molecule has 0 heterocycles. The van der Waals surface area contributed by atoms with Gasteiger partial charge in [0.1, 0.15) is 12.6 Å². The van der Waals surface area contributed by atoms with Crippen molar-refractivity contribution >= 4 is 27.5 Å². The predicted octanol–water partition coefficient (Wildman–Crippen LogP) is 5.57. The van der Waals surface area contributed by atoms with Crippen molar-refractivity contribution in [3.8, 4) is 0 Å². The Hall–Kier alpha value is -3.65. The summed E-state index contributed by atoms with van der Waals surface area (Å²) < 4.78 is 29.3. The normalized spacial score (nSPS) is 12.5. The lowest BCUT2D eigenvalue weighted by molar-refractivity contribution is -0.140. The van der Waals surface area contributed by atoms with Crippen molar-refractivity contribution in [2.24, 2.45) is 0 Å². The molecule has 0 saturated heterocycles. The van der Waals surface area contributed by atoms with Gasteiger partial charge in [-0.05, 0) is 95.3 Å². The highest BCUT2D eigenvalue weighted by atomic mass is 32.2. The zero-order valence-electron chi connectivity index (χ0n) is 25.3. The van der Waals surface area contributed by atoms with Crippen molar-refractivity contribution in [2.75, 3.05) is 17.4 Å². The average molecular weight is 578 g/mol. The van der Waals surface area contributed by atoms with Crippen LogP contribution in [0.5, 0.6) is 0 Å². The summed E-state index contributed by atoms with van der Waals surface area (Å²) in [5, 5.41) is 3.00. The molecule has 0 saturated carbocycles. The molecular formula is C33H43N3O4S. The zero-order chi connectivity index (χ0) is 30.4. The maximum absolute atomic E-state index is 14.2. The van der Waals surface area contributed by atoms with Crippen LogP contribution in [0.15, 0.2) is 77.7 Å². The maximum Gasteiger partial charge on any atom is 0.264 e. The van der Waals surface area contributed by atoms with Crippen LogP contribution in [0.25, 0.3) is 0 Å². The monoisotopic (exact) mass is 577 g/mol. The molecule has 3 aromatic carbocycles. The number of sulfonamides is 1. The predicted molar refractivity (Wildman–Crippen MR) is 165 cm³/mol. The Morgan fingerprint density at radius 1 is 0.854 bits per heavy atom. The van der Waals surface area contributed by atoms with E-state index in [2.05, 4.69) is 5.32 Å². The molecule has 41 heavy (non-hydrogen) atoms. The Kier molecular flexibility index (Phi) is 10.4. The maximum atomic E-state index is 14.2. The highest BCUT2D eigenvalue weighted by Gasteiger charge is 2.34. The Balaban J connectivity index is 2.05. The van der Waals surface area contributed by atoms with E-state index >= 15 is 0 Å². The van der Waals surface area contributed by atoms with Gasteiger partial charge in [0.25, 0.3) is 10.0 Å². The summed E-state index contributed by atoms with van der Waals surface area (Å²) in [4.78, 5) is 29.2. The number of carbonyl (C=O) groups excluding carboxylic acids is 2. The van der Waals surface area contributed by atoms with E-state index in [9.17, 15) is 18.0 Å². The number of rotatable bonds is 11. The van der Waals surface area contributed by atoms with E-state index < -0.39 is 34.1 Å². The van der Waals surface area contributed by atoms with Crippen molar-refractivity contribution < 1.29 is 18.0 Å². The van der Waals surface area contributed by atoms with Crippen molar-refractivity contribution in [1.82, 2.24) is 10.2 Å². The van der Waals surface area contributed by atoms with Gasteiger partial charge in [0.15, 0.2) is 0 Å². The first-order valence-corrected chi connectivity index (χ1v) is 15.5. The molecule has 3 rings (SSSR count). The SMILES string of the molecule is CC[C@@H](C(=O)NC(C)(C)C)N(CCc1ccccc1)C(=O)CN(c1cc(C)cc(C)c1)S(=O)(=O)c1ccc(C)cc1. The first kappa shape index (κ1) is 31.9. The van der Waals surface area contributed by atoms with Crippen LogP contribution in [0, 0.1) is 20.8 Å². The average Bonchev–Trinajstić information content (AvgIpc) is 2.88. The quantitative estimate of drug-likeness (QED) is 0.323. The number of nitrogens with zero attached hydrogens (tertiary/aromatic N) is 2. The van der Waals surface area contributed by atoms with Crippen LogP contribution in [0.4, 0.5) is 5.69 Å². The topological polar surface area (TPSA) is 86.8 Å². The lowest BCUT2D eigenvalue weighted by Crippen LogP contribution is -2.56. The molecule has 0 spiro atoms. The molecular weight excluding hydrogens is 534 g/mol. The number of carbonyl (C=O) groups is 2. The number of hydrogen-bond donors (Lipinski definition) is 1. The number of aryl methyl sites for hydroxylation is 3. The molecule has 0 aliphatic rings. The van der Waals surface area contributed by atoms with E-state index in [0.29, 0.717) is 18.5 Å². The van der Waals surface area contributed by atoms with Gasteiger partial charge in [-0.25, -0.2) is 8.42 Å². The molecule has 8 heteroatoms. The number of benzene rings is 3. The summed E-state index contributed by atoms with van der Waals surface area (Å²) >= 11 is 0. The van der Waals surface area contributed by atoms with Gasteiger partial charge in [-0.15, -0.1) is 0 Å². The lowest BCUT2D eigenvalue weighted by atomic mass is 10.1. The third kappa shape index (κ3) is 8.67. The van der Waals surface area contributed by atoms with Crippen molar-refractivity contribution in [1.29, 1.82) is 0 Å². The second-order valence-corrected chi connectivity index (χ2v) is 13.5. The molecule has 2 amide bonds. The van der Waals surface area contributed by atoms with Gasteiger partial charge in [-0.3, -0.25) is 13.9 Å². The van der Waals surface area contributed by atoms with Crippen LogP contribution in [0.2, 0.25) is 0 Å². The van der Waals surface area contributed by atoms with Gasteiger partial charge in [-0.2, -0.15) is 0 Å². The molecule has 220 valence electrons. The minimum Gasteiger partial charge on any atom is -0.350 e. The molecule has 0 bridgehead atoms. The van der Waals surface area contributed by atoms with Gasteiger partial charge in [0.2, 0.25) is 11.8 Å². The smallest absolute Gasteiger partial charge is 0.264 e. The van der Waals surface area contributed by atoms with Crippen molar-refractivity contribution in [3.63, 3.8) is 0 Å². The summed E-state index contributed by atoms with van der Waals surface area (Å²) in [5.74, 6) is -0.701. The van der Waals surface area contributed by atoms with Crippen LogP contribution in [-0.2, 0) is 26.0 Å². The van der Waals surface area contributed by atoms with Crippen LogP contribution in [0.1, 0.15) is 56.4 Å². The van der Waals surface area contributed by atoms with E-state index in [1.54, 1.807) is 36.4 Å². The second-order valence-electron chi connectivity index (χ2n) is 11.7. The minimum absolute atomic E-state index is 0.100. The van der Waals surface area contributed by atoms with Gasteiger partial charge in [0.05, 0.1) is 10.6 Å². The largest absolute Gasteiger partial charge is 0.350 e. The van der Waals surface area contributed by atoms with E-state index in [1.165, 1.54) is 9.21 Å². The fraction of sp³-hybridized carbons (Fsp3) is 0.394. The molecule has 7 nitrogen and oxygen atoms in total. The standard InChI is InChI=1S/C33H43N3O4S/c1-8-30(32(38)34-33(5,6)7)35(19-18-27-12-10-9-11-13-27)31(37)23-36(28-21-25(3)20-26(4)22-28)41(39,40)29-16-14-24(2)15-17-29/h9-17,20-22,30H,8,18-19,23H2,1-7H3,(H,34,38)/t30-/m0/s1. The lowest BCUT2D eigenvalue weighted by Gasteiger charge is -2.35.